The van der Waals surface area contributed by atoms with Crippen LogP contribution in [0.3, 0.4) is 0 Å². The Labute approximate surface area is 169 Å². The van der Waals surface area contributed by atoms with Gasteiger partial charge in [-0.25, -0.2) is 0 Å². The molecule has 1 saturated heterocycles. The zero-order chi connectivity index (χ0) is 20.0. The smallest absolute Gasteiger partial charge is 0.238 e. The molecule has 1 fully saturated rings. The third-order valence-electron chi connectivity index (χ3n) is 5.98. The number of nitrogens with one attached hydrogen (secondary N) is 1. The van der Waals surface area contributed by atoms with Crippen molar-refractivity contribution < 1.29 is 9.59 Å². The molecule has 0 unspecified atom stereocenters. The number of hydrogen-bond acceptors (Lipinski definition) is 4. The van der Waals surface area contributed by atoms with Gasteiger partial charge in [0.1, 0.15) is 0 Å². The van der Waals surface area contributed by atoms with E-state index in [-0.39, 0.29) is 11.7 Å². The standard InChI is InChI=1S/C24H23N3O2/c1-26-11-13-27(14-12-26)15-22(28)25-21-10-9-17-16-5-2-3-6-18(16)24(29)20-8-4-7-19(21)23(17)20/h2-10H,11-15H2,1H3,(H,25,28). The van der Waals surface area contributed by atoms with E-state index in [1.165, 1.54) is 0 Å². The fraction of sp³-hybridized carbons (Fsp3) is 0.250. The van der Waals surface area contributed by atoms with Gasteiger partial charge in [-0.1, -0.05) is 48.5 Å². The Morgan fingerprint density at radius 3 is 2.38 bits per heavy atom. The van der Waals surface area contributed by atoms with E-state index in [0.29, 0.717) is 12.1 Å². The molecule has 0 saturated carbocycles. The summed E-state index contributed by atoms with van der Waals surface area (Å²) in [6.45, 7) is 4.15. The van der Waals surface area contributed by atoms with Gasteiger partial charge in [0, 0.05) is 53.8 Å². The van der Waals surface area contributed by atoms with Gasteiger partial charge in [-0.15, -0.1) is 0 Å². The summed E-state index contributed by atoms with van der Waals surface area (Å²) in [4.78, 5) is 30.2. The van der Waals surface area contributed by atoms with Gasteiger partial charge in [-0.3, -0.25) is 14.5 Å². The van der Waals surface area contributed by atoms with Gasteiger partial charge in [0.25, 0.3) is 0 Å². The maximum atomic E-state index is 13.0. The number of nitrogens with zero attached hydrogens (tertiary/aromatic N) is 2. The van der Waals surface area contributed by atoms with Crippen molar-refractivity contribution in [2.24, 2.45) is 0 Å². The Morgan fingerprint density at radius 1 is 0.862 bits per heavy atom. The molecule has 1 N–H and O–H groups in total. The molecule has 0 atom stereocenters. The van der Waals surface area contributed by atoms with E-state index in [9.17, 15) is 9.59 Å². The van der Waals surface area contributed by atoms with Gasteiger partial charge in [-0.05, 0) is 24.2 Å². The summed E-state index contributed by atoms with van der Waals surface area (Å²) in [5.41, 5.74) is 4.20. The van der Waals surface area contributed by atoms with Crippen LogP contribution in [0.5, 0.6) is 0 Å². The molecule has 3 aromatic carbocycles. The second kappa shape index (κ2) is 7.10. The lowest BCUT2D eigenvalue weighted by Crippen LogP contribution is -2.47. The summed E-state index contributed by atoms with van der Waals surface area (Å²) < 4.78 is 0. The third-order valence-corrected chi connectivity index (χ3v) is 5.98. The molecule has 1 aliphatic carbocycles. The van der Waals surface area contributed by atoms with Crippen molar-refractivity contribution in [1.29, 1.82) is 0 Å². The first kappa shape index (κ1) is 18.0. The second-order valence-electron chi connectivity index (χ2n) is 7.89. The predicted octanol–water partition coefficient (Wildman–Crippen LogP) is 3.24. The molecular weight excluding hydrogens is 362 g/mol. The van der Waals surface area contributed by atoms with Crippen molar-refractivity contribution in [3.8, 4) is 11.1 Å². The fourth-order valence-electron chi connectivity index (χ4n) is 4.39. The van der Waals surface area contributed by atoms with Crippen LogP contribution in [-0.2, 0) is 4.79 Å². The van der Waals surface area contributed by atoms with Crippen molar-refractivity contribution >= 4 is 28.2 Å². The van der Waals surface area contributed by atoms with Crippen LogP contribution in [0.2, 0.25) is 0 Å². The minimum Gasteiger partial charge on any atom is -0.324 e. The van der Waals surface area contributed by atoms with E-state index < -0.39 is 0 Å². The van der Waals surface area contributed by atoms with E-state index in [0.717, 1.165) is 59.3 Å². The predicted molar refractivity (Wildman–Crippen MR) is 115 cm³/mol. The largest absolute Gasteiger partial charge is 0.324 e. The van der Waals surface area contributed by atoms with Crippen LogP contribution >= 0.6 is 0 Å². The van der Waals surface area contributed by atoms with Gasteiger partial charge in [0.15, 0.2) is 5.78 Å². The first-order chi connectivity index (χ1) is 14.1. The summed E-state index contributed by atoms with van der Waals surface area (Å²) in [5.74, 6) is 0.0254. The summed E-state index contributed by atoms with van der Waals surface area (Å²) in [6, 6.07) is 17.4. The molecule has 3 aromatic rings. The van der Waals surface area contributed by atoms with Crippen LogP contribution in [0.15, 0.2) is 54.6 Å². The Bertz CT molecular complexity index is 1130. The SMILES string of the molecule is CN1CCN(CC(=O)Nc2ccc3c4c(cccc24)C(=O)c2ccccc2-3)CC1. The lowest BCUT2D eigenvalue weighted by Gasteiger charge is -2.31. The second-order valence-corrected chi connectivity index (χ2v) is 7.89. The van der Waals surface area contributed by atoms with Crippen molar-refractivity contribution in [2.45, 2.75) is 0 Å². The number of rotatable bonds is 3. The molecular formula is C24H23N3O2. The molecule has 1 amide bonds. The Hall–Kier alpha value is -3.02. The number of amides is 1. The van der Waals surface area contributed by atoms with Crippen molar-refractivity contribution in [1.82, 2.24) is 9.80 Å². The molecule has 146 valence electrons. The topological polar surface area (TPSA) is 52.6 Å². The van der Waals surface area contributed by atoms with Crippen molar-refractivity contribution in [3.05, 3.63) is 65.7 Å². The molecule has 5 rings (SSSR count). The molecule has 2 aliphatic rings. The summed E-state index contributed by atoms with van der Waals surface area (Å²) >= 11 is 0. The van der Waals surface area contributed by atoms with Gasteiger partial charge in [-0.2, -0.15) is 0 Å². The number of fused-ring (bicyclic) bond motifs is 2. The van der Waals surface area contributed by atoms with Crippen molar-refractivity contribution in [3.63, 3.8) is 0 Å². The molecule has 0 spiro atoms. The molecule has 5 heteroatoms. The quantitative estimate of drug-likeness (QED) is 0.588. The van der Waals surface area contributed by atoms with Crippen LogP contribution < -0.4 is 5.32 Å². The average molecular weight is 385 g/mol. The highest BCUT2D eigenvalue weighted by Gasteiger charge is 2.26. The molecule has 5 nitrogen and oxygen atoms in total. The van der Waals surface area contributed by atoms with E-state index in [2.05, 4.69) is 22.2 Å². The Kier molecular flexibility index (Phi) is 4.42. The van der Waals surface area contributed by atoms with E-state index >= 15 is 0 Å². The van der Waals surface area contributed by atoms with E-state index in [1.54, 1.807) is 0 Å². The van der Waals surface area contributed by atoms with Crippen LogP contribution in [-0.4, -0.2) is 61.3 Å². The molecule has 29 heavy (non-hydrogen) atoms. The maximum Gasteiger partial charge on any atom is 0.238 e. The Morgan fingerprint density at radius 2 is 1.59 bits per heavy atom. The first-order valence-corrected chi connectivity index (χ1v) is 10.0. The first-order valence-electron chi connectivity index (χ1n) is 10.0. The monoisotopic (exact) mass is 385 g/mol. The van der Waals surface area contributed by atoms with Gasteiger partial charge in [0.05, 0.1) is 6.54 Å². The van der Waals surface area contributed by atoms with Crippen molar-refractivity contribution in [2.75, 3.05) is 45.1 Å². The summed E-state index contributed by atoms with van der Waals surface area (Å²) in [5, 5.41) is 4.92. The number of ketones is 1. The number of hydrogen-bond donors (Lipinski definition) is 1. The summed E-state index contributed by atoms with van der Waals surface area (Å²) in [7, 11) is 2.10. The molecule has 0 aromatic heterocycles. The molecule has 0 radical (unpaired) electrons. The highest BCUT2D eigenvalue weighted by molar-refractivity contribution is 6.27. The normalized spacial score (nSPS) is 16.7. The number of anilines is 1. The number of likely N-dealkylation sites (N-methyl/N-ethyl adjacent to an activating group) is 1. The minimum absolute atomic E-state index is 0.0159. The highest BCUT2D eigenvalue weighted by atomic mass is 16.2. The van der Waals surface area contributed by atoms with Crippen LogP contribution in [0, 0.1) is 0 Å². The maximum absolute atomic E-state index is 13.0. The van der Waals surface area contributed by atoms with Crippen LogP contribution in [0.1, 0.15) is 15.9 Å². The number of piperazine rings is 1. The third kappa shape index (κ3) is 3.12. The lowest BCUT2D eigenvalue weighted by molar-refractivity contribution is -0.117. The van der Waals surface area contributed by atoms with E-state index in [4.69, 9.17) is 0 Å². The van der Waals surface area contributed by atoms with Crippen LogP contribution in [0.25, 0.3) is 21.9 Å². The molecule has 0 bridgehead atoms. The highest BCUT2D eigenvalue weighted by Crippen LogP contribution is 2.41. The Balaban J connectivity index is 1.49. The number of benzene rings is 3. The van der Waals surface area contributed by atoms with Gasteiger partial charge < -0.3 is 10.2 Å². The zero-order valence-corrected chi connectivity index (χ0v) is 16.4. The summed E-state index contributed by atoms with van der Waals surface area (Å²) in [6.07, 6.45) is 0. The van der Waals surface area contributed by atoms with Crippen LogP contribution in [0.4, 0.5) is 5.69 Å². The fourth-order valence-corrected chi connectivity index (χ4v) is 4.39. The molecule has 1 heterocycles. The molecule has 1 aliphatic heterocycles. The van der Waals surface area contributed by atoms with Gasteiger partial charge >= 0.3 is 0 Å². The number of carbonyl (C=O) groups is 2. The van der Waals surface area contributed by atoms with Gasteiger partial charge in [0.2, 0.25) is 5.91 Å². The average Bonchev–Trinajstić information content (AvgIpc) is 2.74. The number of carbonyl (C=O) groups excluding carboxylic acids is 2. The lowest BCUT2D eigenvalue weighted by atomic mass is 9.82. The zero-order valence-electron chi connectivity index (χ0n) is 16.4. The minimum atomic E-state index is -0.0159. The van der Waals surface area contributed by atoms with E-state index in [1.807, 2.05) is 54.6 Å².